The first-order chi connectivity index (χ1) is 9.31. The molecule has 0 aliphatic carbocycles. The fourth-order valence-corrected chi connectivity index (χ4v) is 2.62. The Kier molecular flexibility index (Phi) is 3.09. The monoisotopic (exact) mass is 268 g/mol. The smallest absolute Gasteiger partial charge is 0.212 e. The summed E-state index contributed by atoms with van der Waals surface area (Å²) in [6, 6.07) is 15.0. The molecule has 2 heterocycles. The summed E-state index contributed by atoms with van der Waals surface area (Å²) in [5.41, 5.74) is 2.11. The van der Waals surface area contributed by atoms with Crippen LogP contribution in [0.2, 0.25) is 0 Å². The number of carbonyl (C=O) groups excluding carboxylic acids is 1. The lowest BCUT2D eigenvalue weighted by Crippen LogP contribution is -2.06. The topological polar surface area (TPSA) is 34.4 Å². The van der Waals surface area contributed by atoms with Gasteiger partial charge in [0.15, 0.2) is 0 Å². The van der Waals surface area contributed by atoms with E-state index in [2.05, 4.69) is 4.98 Å². The number of benzene rings is 1. The third kappa shape index (κ3) is 2.04. The molecule has 19 heavy (non-hydrogen) atoms. The van der Waals surface area contributed by atoms with Gasteiger partial charge in [0.1, 0.15) is 16.4 Å². The van der Waals surface area contributed by atoms with E-state index >= 15 is 0 Å². The number of thioether (sulfide) groups is 1. The highest BCUT2D eigenvalue weighted by Gasteiger charge is 2.19. The summed E-state index contributed by atoms with van der Waals surface area (Å²) in [6.07, 6.45) is 3.81. The van der Waals surface area contributed by atoms with Crippen molar-refractivity contribution < 1.29 is 4.79 Å². The van der Waals surface area contributed by atoms with Gasteiger partial charge in [-0.3, -0.25) is 9.20 Å². The maximum atomic E-state index is 12.6. The van der Waals surface area contributed by atoms with E-state index in [1.54, 1.807) is 0 Å². The predicted molar refractivity (Wildman–Crippen MR) is 76.8 cm³/mol. The maximum Gasteiger partial charge on any atom is 0.212 e. The molecule has 2 aromatic heterocycles. The van der Waals surface area contributed by atoms with Crippen LogP contribution >= 0.6 is 11.8 Å². The van der Waals surface area contributed by atoms with Crippen LogP contribution < -0.4 is 0 Å². The zero-order valence-electron chi connectivity index (χ0n) is 10.4. The number of carbonyl (C=O) groups is 1. The van der Waals surface area contributed by atoms with Gasteiger partial charge in [-0.15, -0.1) is 11.8 Å². The summed E-state index contributed by atoms with van der Waals surface area (Å²) in [7, 11) is 0. The van der Waals surface area contributed by atoms with Crippen LogP contribution in [0.25, 0.3) is 5.65 Å². The molecule has 0 aliphatic heterocycles. The fourth-order valence-electron chi connectivity index (χ4n) is 2.05. The minimum atomic E-state index is 0.00338. The van der Waals surface area contributed by atoms with Crippen LogP contribution in [-0.2, 0) is 0 Å². The Morgan fingerprint density at radius 3 is 2.58 bits per heavy atom. The lowest BCUT2D eigenvalue weighted by Gasteiger charge is -2.02. The third-order valence-corrected chi connectivity index (χ3v) is 3.61. The van der Waals surface area contributed by atoms with Crippen LogP contribution in [0.15, 0.2) is 59.8 Å². The second-order valence-corrected chi connectivity index (χ2v) is 4.89. The average Bonchev–Trinajstić information content (AvgIpc) is 2.86. The number of aromatic nitrogens is 2. The number of pyridine rings is 1. The number of ketones is 1. The highest BCUT2D eigenvalue weighted by molar-refractivity contribution is 7.98. The largest absolute Gasteiger partial charge is 0.296 e. The van der Waals surface area contributed by atoms with Crippen LogP contribution in [0.5, 0.6) is 0 Å². The van der Waals surface area contributed by atoms with Crippen molar-refractivity contribution in [3.63, 3.8) is 0 Å². The van der Waals surface area contributed by atoms with Crippen molar-refractivity contribution in [3.8, 4) is 0 Å². The lowest BCUT2D eigenvalue weighted by molar-refractivity contribution is 0.103. The molecular weight excluding hydrogens is 256 g/mol. The summed E-state index contributed by atoms with van der Waals surface area (Å²) < 4.78 is 1.85. The van der Waals surface area contributed by atoms with Crippen molar-refractivity contribution in [2.24, 2.45) is 0 Å². The van der Waals surface area contributed by atoms with Crippen molar-refractivity contribution in [2.75, 3.05) is 6.26 Å². The summed E-state index contributed by atoms with van der Waals surface area (Å²) in [4.78, 5) is 17.1. The summed E-state index contributed by atoms with van der Waals surface area (Å²) in [5, 5.41) is 0.764. The van der Waals surface area contributed by atoms with Crippen LogP contribution in [0.4, 0.5) is 0 Å². The minimum absolute atomic E-state index is 0.00338. The van der Waals surface area contributed by atoms with E-state index in [1.807, 2.05) is 65.4 Å². The Hall–Kier alpha value is -2.07. The molecule has 1 aromatic carbocycles. The molecule has 3 rings (SSSR count). The van der Waals surface area contributed by atoms with E-state index in [0.29, 0.717) is 11.3 Å². The number of nitrogens with zero attached hydrogens (tertiary/aromatic N) is 2. The number of hydrogen-bond donors (Lipinski definition) is 0. The van der Waals surface area contributed by atoms with E-state index in [1.165, 1.54) is 11.8 Å². The van der Waals surface area contributed by atoms with Crippen molar-refractivity contribution in [2.45, 2.75) is 5.03 Å². The van der Waals surface area contributed by atoms with Crippen molar-refractivity contribution >= 4 is 23.2 Å². The summed E-state index contributed by atoms with van der Waals surface area (Å²) >= 11 is 1.49. The van der Waals surface area contributed by atoms with Gasteiger partial charge in [-0.25, -0.2) is 4.98 Å². The number of hydrogen-bond acceptors (Lipinski definition) is 3. The molecule has 0 aliphatic rings. The molecule has 3 nitrogen and oxygen atoms in total. The zero-order chi connectivity index (χ0) is 13.2. The Morgan fingerprint density at radius 2 is 1.84 bits per heavy atom. The van der Waals surface area contributed by atoms with Crippen LogP contribution in [-0.4, -0.2) is 21.4 Å². The Balaban J connectivity index is 2.21. The molecule has 0 radical (unpaired) electrons. The maximum absolute atomic E-state index is 12.6. The normalized spacial score (nSPS) is 10.8. The molecule has 0 saturated carbocycles. The molecule has 0 N–H and O–H groups in total. The quantitative estimate of drug-likeness (QED) is 0.540. The number of imidazole rings is 1. The van der Waals surface area contributed by atoms with E-state index in [9.17, 15) is 4.79 Å². The van der Waals surface area contributed by atoms with Gasteiger partial charge in [0, 0.05) is 11.8 Å². The molecule has 0 bridgehead atoms. The van der Waals surface area contributed by atoms with Gasteiger partial charge in [0.25, 0.3) is 0 Å². The molecule has 3 aromatic rings. The Morgan fingerprint density at radius 1 is 1.11 bits per heavy atom. The van der Waals surface area contributed by atoms with Gasteiger partial charge in [0.2, 0.25) is 5.78 Å². The van der Waals surface area contributed by atoms with E-state index in [0.717, 1.165) is 10.7 Å². The molecule has 0 atom stereocenters. The molecule has 0 amide bonds. The molecule has 4 heteroatoms. The number of fused-ring (bicyclic) bond motifs is 1. The second-order valence-electron chi connectivity index (χ2n) is 4.09. The molecule has 0 unspecified atom stereocenters. The van der Waals surface area contributed by atoms with Crippen molar-refractivity contribution in [1.82, 2.24) is 9.38 Å². The highest BCUT2D eigenvalue weighted by Crippen LogP contribution is 2.23. The van der Waals surface area contributed by atoms with Crippen molar-refractivity contribution in [3.05, 3.63) is 66.0 Å². The SMILES string of the molecule is CSc1nc2ccccn2c1C(=O)c1ccccc1. The fraction of sp³-hybridized carbons (Fsp3) is 0.0667. The van der Waals surface area contributed by atoms with Crippen molar-refractivity contribution in [1.29, 1.82) is 0 Å². The first-order valence-corrected chi connectivity index (χ1v) is 7.14. The van der Waals surface area contributed by atoms with E-state index in [-0.39, 0.29) is 5.78 Å². The van der Waals surface area contributed by atoms with Gasteiger partial charge < -0.3 is 0 Å². The molecule has 0 fully saturated rings. The van der Waals surface area contributed by atoms with Gasteiger partial charge in [-0.2, -0.15) is 0 Å². The molecule has 0 spiro atoms. The lowest BCUT2D eigenvalue weighted by atomic mass is 10.1. The molecule has 94 valence electrons. The third-order valence-electron chi connectivity index (χ3n) is 2.94. The standard InChI is InChI=1S/C15H12N2OS/c1-19-15-13(14(18)11-7-3-2-4-8-11)17-10-6-5-9-12(17)16-15/h2-10H,1H3. The van der Waals surface area contributed by atoms with Crippen LogP contribution in [0.3, 0.4) is 0 Å². The second kappa shape index (κ2) is 4.90. The van der Waals surface area contributed by atoms with Gasteiger partial charge in [0.05, 0.1) is 0 Å². The number of rotatable bonds is 3. The highest BCUT2D eigenvalue weighted by atomic mass is 32.2. The average molecular weight is 268 g/mol. The van der Waals surface area contributed by atoms with Crippen LogP contribution in [0.1, 0.15) is 16.1 Å². The van der Waals surface area contributed by atoms with E-state index in [4.69, 9.17) is 0 Å². The van der Waals surface area contributed by atoms with Gasteiger partial charge >= 0.3 is 0 Å². The van der Waals surface area contributed by atoms with E-state index < -0.39 is 0 Å². The first kappa shape index (κ1) is 12.0. The Bertz CT molecular complexity index is 734. The van der Waals surface area contributed by atoms with Gasteiger partial charge in [-0.05, 0) is 18.4 Å². The molecule has 0 saturated heterocycles. The van der Waals surface area contributed by atoms with Crippen LogP contribution in [0, 0.1) is 0 Å². The first-order valence-electron chi connectivity index (χ1n) is 5.92. The molecular formula is C15H12N2OS. The summed E-state index contributed by atoms with van der Waals surface area (Å²) in [6.45, 7) is 0. The minimum Gasteiger partial charge on any atom is -0.296 e. The summed E-state index contributed by atoms with van der Waals surface area (Å²) in [5.74, 6) is 0.00338. The zero-order valence-corrected chi connectivity index (χ0v) is 11.2. The predicted octanol–water partition coefficient (Wildman–Crippen LogP) is 3.29. The van der Waals surface area contributed by atoms with Gasteiger partial charge in [-0.1, -0.05) is 36.4 Å². The Labute approximate surface area is 115 Å².